The van der Waals surface area contributed by atoms with Gasteiger partial charge in [-0.2, -0.15) is 5.26 Å². The molecule has 0 saturated heterocycles. The Morgan fingerprint density at radius 3 is 2.83 bits per heavy atom. The summed E-state index contributed by atoms with van der Waals surface area (Å²) in [5.41, 5.74) is 0.951. The lowest BCUT2D eigenvalue weighted by Crippen LogP contribution is -2.35. The van der Waals surface area contributed by atoms with Crippen LogP contribution in [0, 0.1) is 11.3 Å². The van der Waals surface area contributed by atoms with Crippen LogP contribution >= 0.6 is 0 Å². The van der Waals surface area contributed by atoms with Gasteiger partial charge in [0.05, 0.1) is 24.4 Å². The maximum atomic E-state index is 11.7. The molecule has 1 aromatic rings. The van der Waals surface area contributed by atoms with Crippen LogP contribution in [-0.4, -0.2) is 19.2 Å². The zero-order valence-corrected chi connectivity index (χ0v) is 10.8. The SMILES string of the molecule is CCC(C)NC(=O)Nc1cc(C#N)ccc1OC. The van der Waals surface area contributed by atoms with Gasteiger partial charge in [0, 0.05) is 6.04 Å². The molecule has 0 radical (unpaired) electrons. The quantitative estimate of drug-likeness (QED) is 0.858. The van der Waals surface area contributed by atoms with Crippen LogP contribution in [0.1, 0.15) is 25.8 Å². The highest BCUT2D eigenvalue weighted by Crippen LogP contribution is 2.25. The molecule has 5 nitrogen and oxygen atoms in total. The summed E-state index contributed by atoms with van der Waals surface area (Å²) in [4.78, 5) is 11.7. The molecule has 0 bridgehead atoms. The maximum Gasteiger partial charge on any atom is 0.319 e. The van der Waals surface area contributed by atoms with E-state index in [4.69, 9.17) is 10.00 Å². The van der Waals surface area contributed by atoms with E-state index in [1.807, 2.05) is 19.9 Å². The Bertz CT molecular complexity index is 466. The summed E-state index contributed by atoms with van der Waals surface area (Å²) in [6.07, 6.45) is 0.850. The van der Waals surface area contributed by atoms with E-state index in [-0.39, 0.29) is 12.1 Å². The third kappa shape index (κ3) is 3.67. The molecular weight excluding hydrogens is 230 g/mol. The van der Waals surface area contributed by atoms with Gasteiger partial charge in [-0.25, -0.2) is 4.79 Å². The van der Waals surface area contributed by atoms with Gasteiger partial charge in [0.1, 0.15) is 5.75 Å². The highest BCUT2D eigenvalue weighted by atomic mass is 16.5. The predicted octanol–water partition coefficient (Wildman–Crippen LogP) is 2.49. The van der Waals surface area contributed by atoms with Crippen molar-refractivity contribution in [2.75, 3.05) is 12.4 Å². The van der Waals surface area contributed by atoms with Crippen LogP contribution in [0.15, 0.2) is 18.2 Å². The van der Waals surface area contributed by atoms with Gasteiger partial charge in [-0.1, -0.05) is 6.92 Å². The third-order valence-electron chi connectivity index (χ3n) is 2.57. The first-order valence-electron chi connectivity index (χ1n) is 5.76. The number of urea groups is 1. The number of nitrogens with zero attached hydrogens (tertiary/aromatic N) is 1. The molecule has 2 amide bonds. The minimum Gasteiger partial charge on any atom is -0.495 e. The van der Waals surface area contributed by atoms with Gasteiger partial charge in [-0.05, 0) is 31.5 Å². The number of carbonyl (C=O) groups is 1. The van der Waals surface area contributed by atoms with Crippen LogP contribution < -0.4 is 15.4 Å². The number of hydrogen-bond donors (Lipinski definition) is 2. The van der Waals surface area contributed by atoms with Crippen LogP contribution in [0.2, 0.25) is 0 Å². The second-order valence-electron chi connectivity index (χ2n) is 3.93. The lowest BCUT2D eigenvalue weighted by molar-refractivity contribution is 0.249. The highest BCUT2D eigenvalue weighted by Gasteiger charge is 2.10. The van der Waals surface area contributed by atoms with Gasteiger partial charge < -0.3 is 15.4 Å². The Kier molecular flexibility index (Phi) is 5.00. The molecule has 0 aliphatic heterocycles. The van der Waals surface area contributed by atoms with Crippen LogP contribution in [0.4, 0.5) is 10.5 Å². The molecule has 0 aromatic heterocycles. The number of anilines is 1. The van der Waals surface area contributed by atoms with Crippen LogP contribution in [0.3, 0.4) is 0 Å². The standard InChI is InChI=1S/C13H17N3O2/c1-4-9(2)15-13(17)16-11-7-10(8-14)5-6-12(11)18-3/h5-7,9H,4H2,1-3H3,(H2,15,16,17). The summed E-state index contributed by atoms with van der Waals surface area (Å²) in [5.74, 6) is 0.522. The lowest BCUT2D eigenvalue weighted by Gasteiger charge is -2.14. The normalized spacial score (nSPS) is 11.2. The summed E-state index contributed by atoms with van der Waals surface area (Å²) in [6.45, 7) is 3.91. The smallest absolute Gasteiger partial charge is 0.319 e. The number of nitrogens with one attached hydrogen (secondary N) is 2. The Morgan fingerprint density at radius 1 is 1.56 bits per heavy atom. The summed E-state index contributed by atoms with van der Waals surface area (Å²) in [5, 5.41) is 14.3. The molecule has 1 atom stereocenters. The van der Waals surface area contributed by atoms with Gasteiger partial charge in [0.15, 0.2) is 0 Å². The van der Waals surface area contributed by atoms with Crippen molar-refractivity contribution in [1.82, 2.24) is 5.32 Å². The first-order chi connectivity index (χ1) is 8.60. The van der Waals surface area contributed by atoms with E-state index in [1.54, 1.807) is 18.2 Å². The summed E-state index contributed by atoms with van der Waals surface area (Å²) >= 11 is 0. The minimum atomic E-state index is -0.308. The Labute approximate surface area is 107 Å². The number of benzene rings is 1. The van der Waals surface area contributed by atoms with Crippen molar-refractivity contribution >= 4 is 11.7 Å². The molecule has 0 fully saturated rings. The number of nitriles is 1. The molecule has 1 rings (SSSR count). The Hall–Kier alpha value is -2.22. The van der Waals surface area contributed by atoms with Crippen molar-refractivity contribution in [3.05, 3.63) is 23.8 Å². The van der Waals surface area contributed by atoms with Gasteiger partial charge in [0.25, 0.3) is 0 Å². The van der Waals surface area contributed by atoms with Gasteiger partial charge in [-0.15, -0.1) is 0 Å². The van der Waals surface area contributed by atoms with Crippen LogP contribution in [-0.2, 0) is 0 Å². The Morgan fingerprint density at radius 2 is 2.28 bits per heavy atom. The molecule has 0 spiro atoms. The van der Waals surface area contributed by atoms with Crippen molar-refractivity contribution in [2.24, 2.45) is 0 Å². The number of hydrogen-bond acceptors (Lipinski definition) is 3. The second-order valence-corrected chi connectivity index (χ2v) is 3.93. The van der Waals surface area contributed by atoms with Gasteiger partial charge in [0.2, 0.25) is 0 Å². The van der Waals surface area contributed by atoms with Gasteiger partial charge >= 0.3 is 6.03 Å². The Balaban J connectivity index is 2.82. The first kappa shape index (κ1) is 13.8. The molecule has 0 aliphatic rings. The molecule has 0 heterocycles. The fourth-order valence-electron chi connectivity index (χ4n) is 1.36. The molecule has 1 aromatic carbocycles. The molecule has 0 aliphatic carbocycles. The van der Waals surface area contributed by atoms with E-state index in [2.05, 4.69) is 10.6 Å². The molecule has 2 N–H and O–H groups in total. The van der Waals surface area contributed by atoms with Crippen molar-refractivity contribution in [1.29, 1.82) is 5.26 Å². The largest absolute Gasteiger partial charge is 0.495 e. The molecule has 96 valence electrons. The number of carbonyl (C=O) groups excluding carboxylic acids is 1. The van der Waals surface area contributed by atoms with E-state index >= 15 is 0 Å². The van der Waals surface area contributed by atoms with Crippen molar-refractivity contribution in [2.45, 2.75) is 26.3 Å². The zero-order valence-electron chi connectivity index (χ0n) is 10.8. The van der Waals surface area contributed by atoms with Crippen LogP contribution in [0.25, 0.3) is 0 Å². The molecule has 0 saturated carbocycles. The second kappa shape index (κ2) is 6.50. The minimum absolute atomic E-state index is 0.0927. The summed E-state index contributed by atoms with van der Waals surface area (Å²) in [6, 6.07) is 6.67. The van der Waals surface area contributed by atoms with E-state index < -0.39 is 0 Å². The fourth-order valence-corrected chi connectivity index (χ4v) is 1.36. The maximum absolute atomic E-state index is 11.7. The topological polar surface area (TPSA) is 74.2 Å². The monoisotopic (exact) mass is 247 g/mol. The molecule has 1 unspecified atom stereocenters. The summed E-state index contributed by atoms with van der Waals surface area (Å²) < 4.78 is 5.13. The van der Waals surface area contributed by atoms with E-state index in [0.29, 0.717) is 17.0 Å². The number of amides is 2. The third-order valence-corrected chi connectivity index (χ3v) is 2.57. The first-order valence-corrected chi connectivity index (χ1v) is 5.76. The summed E-state index contributed by atoms with van der Waals surface area (Å²) in [7, 11) is 1.51. The van der Waals surface area contributed by atoms with E-state index in [1.165, 1.54) is 7.11 Å². The molecule has 18 heavy (non-hydrogen) atoms. The molecule has 5 heteroatoms. The van der Waals surface area contributed by atoms with Gasteiger partial charge in [-0.3, -0.25) is 0 Å². The zero-order chi connectivity index (χ0) is 13.5. The number of methoxy groups -OCH3 is 1. The van der Waals surface area contributed by atoms with E-state index in [9.17, 15) is 4.79 Å². The van der Waals surface area contributed by atoms with Crippen molar-refractivity contribution < 1.29 is 9.53 Å². The van der Waals surface area contributed by atoms with Crippen molar-refractivity contribution in [3.8, 4) is 11.8 Å². The van der Waals surface area contributed by atoms with E-state index in [0.717, 1.165) is 6.42 Å². The fraction of sp³-hybridized carbons (Fsp3) is 0.385. The van der Waals surface area contributed by atoms with Crippen molar-refractivity contribution in [3.63, 3.8) is 0 Å². The number of rotatable bonds is 4. The number of ether oxygens (including phenoxy) is 1. The average Bonchev–Trinajstić information content (AvgIpc) is 2.38. The highest BCUT2D eigenvalue weighted by molar-refractivity contribution is 5.91. The van der Waals surface area contributed by atoms with Crippen LogP contribution in [0.5, 0.6) is 5.75 Å². The average molecular weight is 247 g/mol. The predicted molar refractivity (Wildman–Crippen MR) is 69.6 cm³/mol. The molecular formula is C13H17N3O2. The lowest BCUT2D eigenvalue weighted by atomic mass is 10.2.